The quantitative estimate of drug-likeness (QED) is 0.839. The van der Waals surface area contributed by atoms with Crippen LogP contribution in [0.4, 0.5) is 22.0 Å². The molecule has 0 saturated heterocycles. The molecule has 1 aromatic rings. The van der Waals surface area contributed by atoms with Crippen LogP contribution in [0.15, 0.2) is 18.2 Å². The number of ether oxygens (including phenoxy) is 2. The van der Waals surface area contributed by atoms with Crippen molar-refractivity contribution in [2.24, 2.45) is 0 Å². The fourth-order valence-corrected chi connectivity index (χ4v) is 2.05. The average Bonchev–Trinajstić information content (AvgIpc) is 2.92. The van der Waals surface area contributed by atoms with Crippen LogP contribution < -0.4 is 14.8 Å². The van der Waals surface area contributed by atoms with Crippen LogP contribution in [-0.2, 0) is 11.2 Å². The van der Waals surface area contributed by atoms with Crippen LogP contribution in [0.1, 0.15) is 18.9 Å². The predicted octanol–water partition coefficient (Wildman–Crippen LogP) is 3.05. The van der Waals surface area contributed by atoms with Gasteiger partial charge in [-0.3, -0.25) is 4.79 Å². The highest BCUT2D eigenvalue weighted by molar-refractivity contribution is 5.84. The van der Waals surface area contributed by atoms with Gasteiger partial charge in [-0.2, -0.15) is 22.0 Å². The molecule has 23 heavy (non-hydrogen) atoms. The van der Waals surface area contributed by atoms with Crippen LogP contribution >= 0.6 is 0 Å². The third-order valence-corrected chi connectivity index (χ3v) is 3.39. The van der Waals surface area contributed by atoms with Gasteiger partial charge in [-0.05, 0) is 30.5 Å². The van der Waals surface area contributed by atoms with Crippen molar-refractivity contribution in [3.63, 3.8) is 0 Å². The van der Waals surface area contributed by atoms with E-state index in [0.29, 0.717) is 17.1 Å². The first-order chi connectivity index (χ1) is 10.6. The number of rotatable bonds is 5. The zero-order valence-electron chi connectivity index (χ0n) is 12.0. The van der Waals surface area contributed by atoms with Crippen LogP contribution in [0.3, 0.4) is 0 Å². The van der Waals surface area contributed by atoms with Gasteiger partial charge in [0.1, 0.15) is 0 Å². The van der Waals surface area contributed by atoms with Crippen LogP contribution in [0.25, 0.3) is 0 Å². The molecular weight excluding hydrogens is 325 g/mol. The summed E-state index contributed by atoms with van der Waals surface area (Å²) in [6.07, 6.45) is -5.64. The highest BCUT2D eigenvalue weighted by Crippen LogP contribution is 2.36. The minimum absolute atomic E-state index is 0.0601. The zero-order valence-corrected chi connectivity index (χ0v) is 12.0. The first kappa shape index (κ1) is 17.3. The van der Waals surface area contributed by atoms with Crippen LogP contribution in [0.5, 0.6) is 11.5 Å². The van der Waals surface area contributed by atoms with Gasteiger partial charge in [0.05, 0.1) is 0 Å². The molecule has 0 bridgehead atoms. The van der Waals surface area contributed by atoms with E-state index in [1.807, 2.05) is 0 Å². The minimum atomic E-state index is -5.92. The second kappa shape index (κ2) is 6.21. The van der Waals surface area contributed by atoms with E-state index >= 15 is 0 Å². The number of halogens is 5. The number of amides is 1. The number of alkyl halides is 5. The van der Waals surface area contributed by atoms with Gasteiger partial charge in [-0.15, -0.1) is 0 Å². The van der Waals surface area contributed by atoms with Crippen molar-refractivity contribution >= 4 is 5.91 Å². The fourth-order valence-electron chi connectivity index (χ4n) is 2.05. The molecule has 1 aliphatic heterocycles. The minimum Gasteiger partial charge on any atom is -0.454 e. The summed E-state index contributed by atoms with van der Waals surface area (Å²) in [6.45, 7) is 1.63. The normalized spacial score (nSPS) is 15.4. The summed E-state index contributed by atoms with van der Waals surface area (Å²) < 4.78 is 72.7. The van der Waals surface area contributed by atoms with Gasteiger partial charge in [0.15, 0.2) is 11.5 Å². The molecule has 0 saturated carbocycles. The van der Waals surface area contributed by atoms with E-state index in [4.69, 9.17) is 9.47 Å². The average molecular weight is 339 g/mol. The van der Waals surface area contributed by atoms with Crippen molar-refractivity contribution in [1.29, 1.82) is 0 Å². The van der Waals surface area contributed by atoms with Gasteiger partial charge >= 0.3 is 18.0 Å². The third kappa shape index (κ3) is 3.65. The Morgan fingerprint density at radius 2 is 1.87 bits per heavy atom. The molecule has 0 aliphatic carbocycles. The van der Waals surface area contributed by atoms with Crippen molar-refractivity contribution in [2.75, 3.05) is 6.79 Å². The van der Waals surface area contributed by atoms with E-state index in [0.717, 1.165) is 0 Å². The fraction of sp³-hybridized carbons (Fsp3) is 0.500. The molecule has 0 spiro atoms. The van der Waals surface area contributed by atoms with E-state index in [2.05, 4.69) is 0 Å². The lowest BCUT2D eigenvalue weighted by molar-refractivity contribution is -0.270. The number of hydrogen-bond acceptors (Lipinski definition) is 3. The maximum absolute atomic E-state index is 13.0. The summed E-state index contributed by atoms with van der Waals surface area (Å²) in [5.41, 5.74) is 0.622. The molecule has 4 nitrogen and oxygen atoms in total. The smallest absolute Gasteiger partial charge is 0.454 e. The summed E-state index contributed by atoms with van der Waals surface area (Å²) in [5.74, 6) is -6.79. The lowest BCUT2D eigenvalue weighted by Gasteiger charge is -2.23. The molecule has 1 aliphatic rings. The van der Waals surface area contributed by atoms with E-state index in [1.54, 1.807) is 30.4 Å². The van der Waals surface area contributed by atoms with Crippen molar-refractivity contribution in [2.45, 2.75) is 37.9 Å². The number of benzene rings is 1. The molecule has 128 valence electrons. The summed E-state index contributed by atoms with van der Waals surface area (Å²) in [7, 11) is 0. The summed E-state index contributed by atoms with van der Waals surface area (Å²) in [5, 5.41) is 1.75. The third-order valence-electron chi connectivity index (χ3n) is 3.39. The molecule has 0 fully saturated rings. The lowest BCUT2D eigenvalue weighted by Crippen LogP contribution is -2.53. The van der Waals surface area contributed by atoms with Gasteiger partial charge in [0.25, 0.3) is 0 Å². The molecule has 1 amide bonds. The van der Waals surface area contributed by atoms with Gasteiger partial charge in [0.2, 0.25) is 6.79 Å². The molecular formula is C14H14F5NO3. The predicted molar refractivity (Wildman–Crippen MR) is 69.5 cm³/mol. The van der Waals surface area contributed by atoms with Crippen LogP contribution in [0.2, 0.25) is 0 Å². The lowest BCUT2D eigenvalue weighted by atomic mass is 10.0. The van der Waals surface area contributed by atoms with Gasteiger partial charge in [-0.1, -0.05) is 13.0 Å². The zero-order chi connectivity index (χ0) is 17.3. The van der Waals surface area contributed by atoms with Crippen molar-refractivity contribution < 1.29 is 36.2 Å². The number of hydrogen-bond donors (Lipinski definition) is 1. The highest BCUT2D eigenvalue weighted by atomic mass is 19.4. The standard InChI is InChI=1S/C14H14F5NO3/c1-2-9(20-12(21)13(15,16)14(17,18)19)5-8-3-4-10-11(6-8)23-7-22-10/h3-4,6,9H,2,5,7H2,1H3,(H,20,21). The maximum atomic E-state index is 13.0. The molecule has 2 rings (SSSR count). The van der Waals surface area contributed by atoms with Gasteiger partial charge < -0.3 is 14.8 Å². The Kier molecular flexibility index (Phi) is 4.67. The van der Waals surface area contributed by atoms with Crippen molar-refractivity contribution in [1.82, 2.24) is 5.32 Å². The molecule has 0 radical (unpaired) electrons. The molecule has 0 aromatic heterocycles. The van der Waals surface area contributed by atoms with E-state index in [-0.39, 0.29) is 19.6 Å². The molecule has 1 N–H and O–H groups in total. The molecule has 1 heterocycles. The molecule has 1 atom stereocenters. The molecule has 9 heteroatoms. The first-order valence-corrected chi connectivity index (χ1v) is 6.79. The monoisotopic (exact) mass is 339 g/mol. The van der Waals surface area contributed by atoms with Crippen LogP contribution in [0, 0.1) is 0 Å². The SMILES string of the molecule is CCC(Cc1ccc2c(c1)OCO2)NC(=O)C(F)(F)C(F)(F)F. The maximum Gasteiger partial charge on any atom is 0.463 e. The van der Waals surface area contributed by atoms with E-state index in [9.17, 15) is 26.7 Å². The molecule has 1 unspecified atom stereocenters. The number of fused-ring (bicyclic) bond motifs is 1. The first-order valence-electron chi connectivity index (χ1n) is 6.79. The van der Waals surface area contributed by atoms with Gasteiger partial charge in [0, 0.05) is 6.04 Å². The Morgan fingerprint density at radius 3 is 2.48 bits per heavy atom. The summed E-state index contributed by atoms with van der Waals surface area (Å²) in [6, 6.07) is 3.97. The molecule has 1 aromatic carbocycles. The Bertz CT molecular complexity index is 588. The van der Waals surface area contributed by atoms with Crippen molar-refractivity contribution in [3.8, 4) is 11.5 Å². The second-order valence-electron chi connectivity index (χ2n) is 5.04. The van der Waals surface area contributed by atoms with Crippen LogP contribution in [-0.4, -0.2) is 30.8 Å². The highest BCUT2D eigenvalue weighted by Gasteiger charge is 2.63. The van der Waals surface area contributed by atoms with Gasteiger partial charge in [-0.25, -0.2) is 0 Å². The van der Waals surface area contributed by atoms with Crippen molar-refractivity contribution in [3.05, 3.63) is 23.8 Å². The summed E-state index contributed by atoms with van der Waals surface area (Å²) >= 11 is 0. The largest absolute Gasteiger partial charge is 0.463 e. The van der Waals surface area contributed by atoms with E-state index in [1.165, 1.54) is 0 Å². The Labute approximate surface area is 128 Å². The van der Waals surface area contributed by atoms with E-state index < -0.39 is 24.0 Å². The topological polar surface area (TPSA) is 47.6 Å². The Morgan fingerprint density at radius 1 is 1.22 bits per heavy atom. The number of carbonyl (C=O) groups is 1. The number of nitrogens with one attached hydrogen (secondary N) is 1. The number of carbonyl (C=O) groups excluding carboxylic acids is 1. The second-order valence-corrected chi connectivity index (χ2v) is 5.04. The summed E-state index contributed by atoms with van der Waals surface area (Å²) in [4.78, 5) is 11.2. The Balaban J connectivity index is 2.05. The Hall–Kier alpha value is -2.06.